The van der Waals surface area contributed by atoms with Crippen molar-refractivity contribution in [3.8, 4) is 0 Å². The van der Waals surface area contributed by atoms with Gasteiger partial charge < -0.3 is 14.9 Å². The number of unbranched alkanes of at least 4 members (excludes halogenated alkanes) is 40. The average Bonchev–Trinajstić information content (AvgIpc) is 3.37. The predicted molar refractivity (Wildman–Crippen MR) is 333 cm³/mol. The van der Waals surface area contributed by atoms with Gasteiger partial charge in [0.15, 0.2) is 0 Å². The number of Topliss-reactive ketones (excluding diaryl/α,β-unsaturated/α-hetero) is 1. The summed E-state index contributed by atoms with van der Waals surface area (Å²) in [7, 11) is 1.44. The molecule has 438 valence electrons. The number of methoxy groups -OCH3 is 1. The molecular weight excluding hydrogens is 1180 g/mol. The Balaban J connectivity index is -0.000000435. The molecule has 0 rings (SSSR count). The van der Waals surface area contributed by atoms with Crippen molar-refractivity contribution >= 4 is 87.4 Å². The lowest BCUT2D eigenvalue weighted by atomic mass is 10.0. The molecule has 2 N–H and O–H groups in total. The van der Waals surface area contributed by atoms with E-state index >= 15 is 0 Å². The molecule has 11 heteroatoms. The molecule has 0 heterocycles. The number of carboxylic acid groups (broad SMARTS) is 2. The van der Waals surface area contributed by atoms with Crippen LogP contribution in [0.5, 0.6) is 0 Å². The van der Waals surface area contributed by atoms with Crippen LogP contribution in [0.25, 0.3) is 0 Å². The first-order valence-corrected chi connectivity index (χ1v) is 34.5. The summed E-state index contributed by atoms with van der Waals surface area (Å²) in [5.41, 5.74) is 0. The third-order valence-electron chi connectivity index (χ3n) is 13.7. The van der Waals surface area contributed by atoms with E-state index in [1.807, 2.05) is 0 Å². The van der Waals surface area contributed by atoms with Crippen LogP contribution < -0.4 is 0 Å². The number of hydrogen-bond donors (Lipinski definition) is 2. The van der Waals surface area contributed by atoms with Crippen LogP contribution in [0.15, 0.2) is 0 Å². The number of carbonyl (C=O) groups excluding carboxylic acids is 2. The van der Waals surface area contributed by atoms with Crippen molar-refractivity contribution in [2.45, 2.75) is 362 Å². The highest BCUT2D eigenvalue weighted by Crippen LogP contribution is 2.19. The number of ketones is 1. The lowest BCUT2D eigenvalue weighted by Crippen LogP contribution is -2.15. The highest BCUT2D eigenvalue weighted by molar-refractivity contribution is 9.10. The predicted octanol–water partition coefficient (Wildman–Crippen LogP) is 22.7. The smallest absolute Gasteiger partial charge is 0.319 e. The van der Waals surface area contributed by atoms with Crippen LogP contribution in [0.1, 0.15) is 343 Å². The molecular formula is C62H120Br4O7. The molecule has 7 nitrogen and oxygen atoms in total. The Morgan fingerprint density at radius 1 is 0.301 bits per heavy atom. The van der Waals surface area contributed by atoms with Crippen LogP contribution >= 0.6 is 63.7 Å². The highest BCUT2D eigenvalue weighted by atomic mass is 79.9. The molecule has 0 saturated heterocycles. The third kappa shape index (κ3) is 72.0. The summed E-state index contributed by atoms with van der Waals surface area (Å²) in [6.07, 6.45) is 62.0. The summed E-state index contributed by atoms with van der Waals surface area (Å²) in [5.74, 6) is -1.35. The van der Waals surface area contributed by atoms with Crippen LogP contribution in [0.3, 0.4) is 0 Å². The van der Waals surface area contributed by atoms with Crippen molar-refractivity contribution in [2.24, 2.45) is 0 Å². The summed E-state index contributed by atoms with van der Waals surface area (Å²) in [5, 5.41) is 17.4. The fourth-order valence-corrected chi connectivity index (χ4v) is 10.1. The molecule has 0 bridgehead atoms. The van der Waals surface area contributed by atoms with Crippen molar-refractivity contribution in [2.75, 3.05) is 7.11 Å². The minimum atomic E-state index is -0.734. The zero-order valence-corrected chi connectivity index (χ0v) is 55.0. The second-order valence-electron chi connectivity index (χ2n) is 21.0. The zero-order chi connectivity index (χ0) is 55.3. The molecule has 0 amide bonds. The summed E-state index contributed by atoms with van der Waals surface area (Å²) < 4.78 is 4.68. The molecule has 0 aromatic heterocycles. The largest absolute Gasteiger partial charge is 0.480 e. The van der Waals surface area contributed by atoms with E-state index < -0.39 is 11.9 Å². The molecule has 0 aliphatic rings. The summed E-state index contributed by atoms with van der Waals surface area (Å²) in [6.45, 7) is 10.7. The van der Waals surface area contributed by atoms with E-state index in [1.165, 1.54) is 270 Å². The molecule has 0 aromatic rings. The second kappa shape index (κ2) is 68.1. The topological polar surface area (TPSA) is 118 Å². The van der Waals surface area contributed by atoms with E-state index in [1.54, 1.807) is 6.92 Å². The summed E-state index contributed by atoms with van der Waals surface area (Å²) in [4.78, 5) is 42.6. The Kier molecular flexibility index (Phi) is 74.2. The first-order chi connectivity index (χ1) is 35.3. The van der Waals surface area contributed by atoms with Gasteiger partial charge in [-0.05, 0) is 32.6 Å². The van der Waals surface area contributed by atoms with Crippen LogP contribution in [-0.2, 0) is 23.9 Å². The second-order valence-corrected chi connectivity index (χ2v) is 25.4. The van der Waals surface area contributed by atoms with Gasteiger partial charge in [0.05, 0.1) is 11.9 Å². The first-order valence-electron chi connectivity index (χ1n) is 30.9. The number of ether oxygens (including phenoxy) is 1. The Morgan fingerprint density at radius 2 is 0.466 bits per heavy atom. The fraction of sp³-hybridized carbons (Fsp3) is 0.935. The van der Waals surface area contributed by atoms with Crippen molar-refractivity contribution < 1.29 is 34.1 Å². The standard InChI is InChI=1S/C16H31BrO2.C16H31BrO.2C15H29BrO2/c1-3-4-5-6-7-8-9-10-11-12-13-14-15(17)16(18)19-2;1-3-4-5-6-7-8-9-10-11-12-13-14-16(17)15(2)18;2*1-2-3-4-5-6-7-8-9-10-11-12-13-14(16)15(17)18/h15H,3-14H2,1-2H3;16H,3-14H2,1-2H3;2*14H,2-13H2,1H3,(H,17,18). The minimum Gasteiger partial charge on any atom is -0.480 e. The van der Waals surface area contributed by atoms with E-state index in [0.717, 1.165) is 44.9 Å². The molecule has 4 unspecified atom stereocenters. The van der Waals surface area contributed by atoms with E-state index in [4.69, 9.17) is 10.2 Å². The fourth-order valence-electron chi connectivity index (χ4n) is 8.65. The van der Waals surface area contributed by atoms with Gasteiger partial charge in [-0.25, -0.2) is 0 Å². The number of alkyl halides is 4. The summed E-state index contributed by atoms with van der Waals surface area (Å²) >= 11 is 13.1. The average molecular weight is 1300 g/mol. The van der Waals surface area contributed by atoms with E-state index in [2.05, 4.69) is 96.2 Å². The maximum Gasteiger partial charge on any atom is 0.319 e. The Morgan fingerprint density at radius 3 is 0.630 bits per heavy atom. The van der Waals surface area contributed by atoms with E-state index in [-0.39, 0.29) is 31.1 Å². The van der Waals surface area contributed by atoms with Gasteiger partial charge in [0.2, 0.25) is 0 Å². The maximum atomic E-state index is 11.2. The first kappa shape index (κ1) is 79.5. The van der Waals surface area contributed by atoms with Gasteiger partial charge in [0, 0.05) is 0 Å². The normalized spacial score (nSPS) is 12.5. The Bertz CT molecular complexity index is 1030. The van der Waals surface area contributed by atoms with Crippen molar-refractivity contribution in [3.05, 3.63) is 0 Å². The molecule has 0 aromatic carbocycles. The zero-order valence-electron chi connectivity index (χ0n) is 48.7. The van der Waals surface area contributed by atoms with Gasteiger partial charge in [-0.1, -0.05) is 374 Å². The Labute approximate surface area is 487 Å². The number of hydrogen-bond acceptors (Lipinski definition) is 5. The van der Waals surface area contributed by atoms with Gasteiger partial charge in [-0.2, -0.15) is 0 Å². The van der Waals surface area contributed by atoms with Crippen LogP contribution in [-0.4, -0.2) is 60.3 Å². The van der Waals surface area contributed by atoms with E-state index in [0.29, 0.717) is 0 Å². The molecule has 0 aliphatic heterocycles. The highest BCUT2D eigenvalue weighted by Gasteiger charge is 2.14. The maximum absolute atomic E-state index is 11.2. The minimum absolute atomic E-state index is 0.0936. The van der Waals surface area contributed by atoms with Crippen LogP contribution in [0.2, 0.25) is 0 Å². The third-order valence-corrected chi connectivity index (χ3v) is 17.3. The van der Waals surface area contributed by atoms with Crippen molar-refractivity contribution in [1.29, 1.82) is 0 Å². The number of carboxylic acids is 2. The lowest BCUT2D eigenvalue weighted by molar-refractivity contribution is -0.140. The van der Waals surface area contributed by atoms with Crippen molar-refractivity contribution in [3.63, 3.8) is 0 Å². The lowest BCUT2D eigenvalue weighted by Gasteiger charge is -2.07. The SMILES string of the molecule is CCCCCCCCCCCCCC(Br)C(=O)O.CCCCCCCCCCCCCC(Br)C(=O)O.CCCCCCCCCCCCCC(Br)C(=O)OC.CCCCCCCCCCCCCC(Br)C(C)=O. The van der Waals surface area contributed by atoms with Crippen LogP contribution in [0, 0.1) is 0 Å². The van der Waals surface area contributed by atoms with Gasteiger partial charge in [0.1, 0.15) is 20.3 Å². The number of halogens is 4. The Hall–Kier alpha value is -0.000000000000000167. The van der Waals surface area contributed by atoms with Gasteiger partial charge in [0.25, 0.3) is 0 Å². The molecule has 4 atom stereocenters. The molecule has 0 spiro atoms. The number of carbonyl (C=O) groups is 4. The van der Waals surface area contributed by atoms with Gasteiger partial charge >= 0.3 is 17.9 Å². The molecule has 0 aliphatic carbocycles. The number of aliphatic carboxylic acids is 2. The van der Waals surface area contributed by atoms with Crippen LogP contribution in [0.4, 0.5) is 0 Å². The van der Waals surface area contributed by atoms with Gasteiger partial charge in [-0.3, -0.25) is 19.2 Å². The molecule has 0 radical (unpaired) electrons. The van der Waals surface area contributed by atoms with Gasteiger partial charge in [-0.15, -0.1) is 0 Å². The monoisotopic (exact) mass is 1290 g/mol. The number of esters is 1. The van der Waals surface area contributed by atoms with Crippen molar-refractivity contribution in [1.82, 2.24) is 0 Å². The quantitative estimate of drug-likeness (QED) is 0.0354. The molecule has 0 fully saturated rings. The molecule has 73 heavy (non-hydrogen) atoms. The number of rotatable bonds is 52. The molecule has 0 saturated carbocycles. The van der Waals surface area contributed by atoms with E-state index in [9.17, 15) is 19.2 Å². The summed E-state index contributed by atoms with van der Waals surface area (Å²) in [6, 6.07) is 0.